The highest BCUT2D eigenvalue weighted by molar-refractivity contribution is 5.74. The van der Waals surface area contributed by atoms with Crippen LogP contribution in [-0.4, -0.2) is 38.6 Å². The number of carbonyl (C=O) groups is 1. The highest BCUT2D eigenvalue weighted by Gasteiger charge is 2.37. The molecule has 1 fully saturated rings. The first kappa shape index (κ1) is 14.1. The molecule has 0 bridgehead atoms. The lowest BCUT2D eigenvalue weighted by Gasteiger charge is -2.37. The van der Waals surface area contributed by atoms with Gasteiger partial charge in [0.25, 0.3) is 0 Å². The van der Waals surface area contributed by atoms with E-state index in [1.807, 2.05) is 19.4 Å². The van der Waals surface area contributed by atoms with Gasteiger partial charge in [0, 0.05) is 25.8 Å². The Morgan fingerprint density at radius 2 is 2.37 bits per heavy atom. The highest BCUT2D eigenvalue weighted by Crippen LogP contribution is 2.30. The maximum Gasteiger partial charge on any atom is 0.310 e. The molecule has 1 saturated heterocycles. The second kappa shape index (κ2) is 5.74. The van der Waals surface area contributed by atoms with Gasteiger partial charge in [-0.3, -0.25) is 9.69 Å². The third-order valence-corrected chi connectivity index (χ3v) is 3.94. The predicted octanol–water partition coefficient (Wildman–Crippen LogP) is 1.98. The molecule has 0 amide bonds. The summed E-state index contributed by atoms with van der Waals surface area (Å²) < 4.78 is 2.16. The van der Waals surface area contributed by atoms with Crippen molar-refractivity contribution in [3.63, 3.8) is 0 Å². The molecular formula is C14H23N3O2. The number of aliphatic carboxylic acids is 1. The van der Waals surface area contributed by atoms with Crippen LogP contribution >= 0.6 is 0 Å². The first-order chi connectivity index (χ1) is 9.05. The standard InChI is InChI=1S/C14H23N3O2/c1-3-6-17-11-15-8-12(17)9-16-7-4-5-14(2,10-16)13(18)19/h8,11H,3-7,9-10H2,1-2H3,(H,18,19). The summed E-state index contributed by atoms with van der Waals surface area (Å²) in [6, 6.07) is 0. The minimum absolute atomic E-state index is 0.603. The monoisotopic (exact) mass is 265 g/mol. The number of piperidine rings is 1. The quantitative estimate of drug-likeness (QED) is 0.884. The number of rotatable bonds is 5. The minimum atomic E-state index is -0.681. The molecule has 1 aliphatic heterocycles. The number of imidazole rings is 1. The van der Waals surface area contributed by atoms with Crippen LogP contribution < -0.4 is 0 Å². The Bertz CT molecular complexity index is 444. The summed E-state index contributed by atoms with van der Waals surface area (Å²) in [5.41, 5.74) is 0.574. The molecule has 0 radical (unpaired) electrons. The van der Waals surface area contributed by atoms with Crippen LogP contribution in [0.5, 0.6) is 0 Å². The minimum Gasteiger partial charge on any atom is -0.481 e. The summed E-state index contributed by atoms with van der Waals surface area (Å²) in [4.78, 5) is 17.8. The van der Waals surface area contributed by atoms with Crippen molar-refractivity contribution < 1.29 is 9.90 Å². The number of carboxylic acid groups (broad SMARTS) is 1. The first-order valence-electron chi connectivity index (χ1n) is 7.00. The fraction of sp³-hybridized carbons (Fsp3) is 0.714. The molecule has 5 nitrogen and oxygen atoms in total. The molecule has 2 rings (SSSR count). The molecule has 1 N–H and O–H groups in total. The molecule has 0 spiro atoms. The summed E-state index contributed by atoms with van der Waals surface area (Å²) in [6.45, 7) is 7.36. The van der Waals surface area contributed by atoms with Gasteiger partial charge < -0.3 is 9.67 Å². The van der Waals surface area contributed by atoms with E-state index in [2.05, 4.69) is 21.4 Å². The number of carboxylic acids is 1. The van der Waals surface area contributed by atoms with Gasteiger partial charge in [0.15, 0.2) is 0 Å². The lowest BCUT2D eigenvalue weighted by atomic mass is 9.82. The van der Waals surface area contributed by atoms with E-state index in [9.17, 15) is 9.90 Å². The van der Waals surface area contributed by atoms with E-state index in [1.165, 1.54) is 5.69 Å². The van der Waals surface area contributed by atoms with E-state index >= 15 is 0 Å². The summed E-state index contributed by atoms with van der Waals surface area (Å²) in [6.07, 6.45) is 6.55. The van der Waals surface area contributed by atoms with Crippen molar-refractivity contribution in [2.24, 2.45) is 5.41 Å². The molecule has 1 atom stereocenters. The predicted molar refractivity (Wildman–Crippen MR) is 72.8 cm³/mol. The second-order valence-electron chi connectivity index (χ2n) is 5.76. The molecule has 2 heterocycles. The van der Waals surface area contributed by atoms with Crippen LogP contribution in [0.4, 0.5) is 0 Å². The van der Waals surface area contributed by atoms with Crippen LogP contribution in [0.3, 0.4) is 0 Å². The van der Waals surface area contributed by atoms with E-state index < -0.39 is 11.4 Å². The van der Waals surface area contributed by atoms with Gasteiger partial charge in [0.05, 0.1) is 17.4 Å². The van der Waals surface area contributed by atoms with E-state index in [4.69, 9.17) is 0 Å². The topological polar surface area (TPSA) is 58.4 Å². The van der Waals surface area contributed by atoms with Gasteiger partial charge in [-0.1, -0.05) is 6.92 Å². The third kappa shape index (κ3) is 3.15. The van der Waals surface area contributed by atoms with Crippen LogP contribution in [0, 0.1) is 5.41 Å². The largest absolute Gasteiger partial charge is 0.481 e. The van der Waals surface area contributed by atoms with Gasteiger partial charge in [-0.15, -0.1) is 0 Å². The van der Waals surface area contributed by atoms with Crippen molar-refractivity contribution in [1.29, 1.82) is 0 Å². The summed E-state index contributed by atoms with van der Waals surface area (Å²) in [5, 5.41) is 9.34. The molecule has 0 aliphatic carbocycles. The molecule has 0 saturated carbocycles. The van der Waals surface area contributed by atoms with E-state index in [1.54, 1.807) is 0 Å². The summed E-state index contributed by atoms with van der Waals surface area (Å²) >= 11 is 0. The maximum absolute atomic E-state index is 11.3. The van der Waals surface area contributed by atoms with E-state index in [-0.39, 0.29) is 0 Å². The lowest BCUT2D eigenvalue weighted by Crippen LogP contribution is -2.45. The Kier molecular flexibility index (Phi) is 4.24. The fourth-order valence-corrected chi connectivity index (χ4v) is 2.81. The Labute approximate surface area is 114 Å². The second-order valence-corrected chi connectivity index (χ2v) is 5.76. The number of nitrogens with zero attached hydrogens (tertiary/aromatic N) is 3. The zero-order chi connectivity index (χ0) is 13.9. The zero-order valence-electron chi connectivity index (χ0n) is 11.8. The first-order valence-corrected chi connectivity index (χ1v) is 7.00. The van der Waals surface area contributed by atoms with E-state index in [0.29, 0.717) is 6.54 Å². The Hall–Kier alpha value is -1.36. The third-order valence-electron chi connectivity index (χ3n) is 3.94. The molecular weight excluding hydrogens is 242 g/mol. The Morgan fingerprint density at radius 1 is 1.58 bits per heavy atom. The molecule has 5 heteroatoms. The van der Waals surface area contributed by atoms with Gasteiger partial charge in [-0.25, -0.2) is 4.98 Å². The van der Waals surface area contributed by atoms with Gasteiger partial charge in [0.2, 0.25) is 0 Å². The average Bonchev–Trinajstić information content (AvgIpc) is 2.77. The number of hydrogen-bond acceptors (Lipinski definition) is 3. The van der Waals surface area contributed by atoms with Crippen molar-refractivity contribution in [2.45, 2.75) is 46.2 Å². The Morgan fingerprint density at radius 3 is 3.05 bits per heavy atom. The fourth-order valence-electron chi connectivity index (χ4n) is 2.81. The highest BCUT2D eigenvalue weighted by atomic mass is 16.4. The van der Waals surface area contributed by atoms with Crippen molar-refractivity contribution in [2.75, 3.05) is 13.1 Å². The molecule has 1 aliphatic rings. The molecule has 1 unspecified atom stereocenters. The Balaban J connectivity index is 2.02. The van der Waals surface area contributed by atoms with Crippen LogP contribution in [-0.2, 0) is 17.9 Å². The van der Waals surface area contributed by atoms with Crippen LogP contribution in [0.25, 0.3) is 0 Å². The summed E-state index contributed by atoms with van der Waals surface area (Å²) in [7, 11) is 0. The van der Waals surface area contributed by atoms with Gasteiger partial charge >= 0.3 is 5.97 Å². The maximum atomic E-state index is 11.3. The molecule has 106 valence electrons. The SMILES string of the molecule is CCCn1cncc1CN1CCCC(C)(C(=O)O)C1. The normalized spacial score (nSPS) is 24.5. The van der Waals surface area contributed by atoms with Crippen molar-refractivity contribution in [3.05, 3.63) is 18.2 Å². The number of aryl methyl sites for hydroxylation is 1. The van der Waals surface area contributed by atoms with Crippen molar-refractivity contribution >= 4 is 5.97 Å². The molecule has 1 aromatic heterocycles. The number of hydrogen-bond donors (Lipinski definition) is 1. The van der Waals surface area contributed by atoms with Gasteiger partial charge in [-0.2, -0.15) is 0 Å². The molecule has 0 aromatic carbocycles. The number of likely N-dealkylation sites (tertiary alicyclic amines) is 1. The summed E-state index contributed by atoms with van der Waals surface area (Å²) in [5.74, 6) is -0.681. The number of aromatic nitrogens is 2. The van der Waals surface area contributed by atoms with Crippen LogP contribution in [0.2, 0.25) is 0 Å². The lowest BCUT2D eigenvalue weighted by molar-refractivity contribution is -0.151. The molecule has 19 heavy (non-hydrogen) atoms. The van der Waals surface area contributed by atoms with E-state index in [0.717, 1.165) is 38.9 Å². The van der Waals surface area contributed by atoms with Crippen LogP contribution in [0.1, 0.15) is 38.8 Å². The molecule has 1 aromatic rings. The average molecular weight is 265 g/mol. The van der Waals surface area contributed by atoms with Crippen LogP contribution in [0.15, 0.2) is 12.5 Å². The smallest absolute Gasteiger partial charge is 0.310 e. The van der Waals surface area contributed by atoms with Crippen molar-refractivity contribution in [3.8, 4) is 0 Å². The van der Waals surface area contributed by atoms with Gasteiger partial charge in [0.1, 0.15) is 0 Å². The zero-order valence-corrected chi connectivity index (χ0v) is 11.8. The van der Waals surface area contributed by atoms with Crippen molar-refractivity contribution in [1.82, 2.24) is 14.5 Å². The van der Waals surface area contributed by atoms with Gasteiger partial charge in [-0.05, 0) is 32.7 Å².